The molecular formula is C19H22N2O3. The predicted octanol–water partition coefficient (Wildman–Crippen LogP) is 3.39. The normalized spacial score (nSPS) is 10.1. The molecule has 0 heterocycles. The van der Waals surface area contributed by atoms with Gasteiger partial charge in [0, 0.05) is 11.4 Å². The van der Waals surface area contributed by atoms with E-state index in [1.165, 1.54) is 12.7 Å². The largest absolute Gasteiger partial charge is 0.465 e. The molecule has 0 saturated heterocycles. The highest BCUT2D eigenvalue weighted by molar-refractivity contribution is 5.95. The van der Waals surface area contributed by atoms with E-state index in [0.717, 1.165) is 17.7 Å². The Bertz CT molecular complexity index is 724. The van der Waals surface area contributed by atoms with Gasteiger partial charge in [0.1, 0.15) is 0 Å². The topological polar surface area (TPSA) is 67.4 Å². The van der Waals surface area contributed by atoms with Crippen LogP contribution < -0.4 is 10.6 Å². The number of aryl methyl sites for hydroxylation is 2. The molecule has 0 aliphatic carbocycles. The molecule has 2 rings (SSSR count). The minimum absolute atomic E-state index is 0.147. The van der Waals surface area contributed by atoms with Gasteiger partial charge in [-0.25, -0.2) is 4.79 Å². The zero-order chi connectivity index (χ0) is 17.5. The van der Waals surface area contributed by atoms with Crippen LogP contribution in [0.25, 0.3) is 0 Å². The third kappa shape index (κ3) is 4.35. The molecule has 0 radical (unpaired) electrons. The van der Waals surface area contributed by atoms with Gasteiger partial charge in [-0.15, -0.1) is 0 Å². The number of para-hydroxylation sites is 1. The van der Waals surface area contributed by atoms with Gasteiger partial charge >= 0.3 is 5.97 Å². The number of amides is 1. The van der Waals surface area contributed by atoms with Gasteiger partial charge in [0.2, 0.25) is 5.91 Å². The van der Waals surface area contributed by atoms with Gasteiger partial charge in [-0.05, 0) is 48.7 Å². The molecule has 0 atom stereocenters. The van der Waals surface area contributed by atoms with Crippen molar-refractivity contribution in [3.8, 4) is 0 Å². The number of benzene rings is 2. The van der Waals surface area contributed by atoms with Crippen molar-refractivity contribution in [3.05, 3.63) is 59.2 Å². The van der Waals surface area contributed by atoms with Crippen molar-refractivity contribution in [3.63, 3.8) is 0 Å². The SMILES string of the molecule is CCc1cccc(C)c1NCC(=O)Nc1ccc(C(=O)OC)cc1. The molecule has 2 aromatic carbocycles. The van der Waals surface area contributed by atoms with E-state index in [-0.39, 0.29) is 12.5 Å². The molecule has 126 valence electrons. The second kappa shape index (κ2) is 8.15. The predicted molar refractivity (Wildman–Crippen MR) is 95.5 cm³/mol. The fourth-order valence-corrected chi connectivity index (χ4v) is 2.46. The van der Waals surface area contributed by atoms with Gasteiger partial charge in [0.15, 0.2) is 0 Å². The minimum Gasteiger partial charge on any atom is -0.465 e. The first-order chi connectivity index (χ1) is 11.5. The molecule has 5 nitrogen and oxygen atoms in total. The standard InChI is InChI=1S/C19H22N2O3/c1-4-14-7-5-6-13(2)18(14)20-12-17(22)21-16-10-8-15(9-11-16)19(23)24-3/h5-11,20H,4,12H2,1-3H3,(H,21,22). The van der Waals surface area contributed by atoms with E-state index in [0.29, 0.717) is 11.3 Å². The van der Waals surface area contributed by atoms with Crippen molar-refractivity contribution < 1.29 is 14.3 Å². The molecule has 0 bridgehead atoms. The van der Waals surface area contributed by atoms with Crippen molar-refractivity contribution in [1.29, 1.82) is 0 Å². The Morgan fingerprint density at radius 2 is 1.79 bits per heavy atom. The van der Waals surface area contributed by atoms with Crippen LogP contribution in [0.1, 0.15) is 28.4 Å². The average Bonchev–Trinajstić information content (AvgIpc) is 2.60. The summed E-state index contributed by atoms with van der Waals surface area (Å²) in [6, 6.07) is 12.7. The number of hydrogen-bond acceptors (Lipinski definition) is 4. The molecule has 2 N–H and O–H groups in total. The maximum atomic E-state index is 12.1. The van der Waals surface area contributed by atoms with E-state index in [9.17, 15) is 9.59 Å². The lowest BCUT2D eigenvalue weighted by Gasteiger charge is -2.14. The summed E-state index contributed by atoms with van der Waals surface area (Å²) < 4.78 is 4.64. The number of carbonyl (C=O) groups excluding carboxylic acids is 2. The highest BCUT2D eigenvalue weighted by atomic mass is 16.5. The van der Waals surface area contributed by atoms with E-state index in [1.807, 2.05) is 19.1 Å². The molecule has 0 aliphatic rings. The fourth-order valence-electron chi connectivity index (χ4n) is 2.46. The molecular weight excluding hydrogens is 304 g/mol. The van der Waals surface area contributed by atoms with Crippen LogP contribution in [0, 0.1) is 6.92 Å². The Morgan fingerprint density at radius 3 is 2.42 bits per heavy atom. The lowest BCUT2D eigenvalue weighted by atomic mass is 10.1. The Morgan fingerprint density at radius 1 is 1.08 bits per heavy atom. The smallest absolute Gasteiger partial charge is 0.337 e. The summed E-state index contributed by atoms with van der Waals surface area (Å²) in [6.45, 7) is 4.28. The van der Waals surface area contributed by atoms with E-state index in [4.69, 9.17) is 0 Å². The maximum absolute atomic E-state index is 12.1. The molecule has 24 heavy (non-hydrogen) atoms. The first-order valence-electron chi connectivity index (χ1n) is 7.85. The number of anilines is 2. The quantitative estimate of drug-likeness (QED) is 0.799. The van der Waals surface area contributed by atoms with Crippen LogP contribution in [0.3, 0.4) is 0 Å². The zero-order valence-electron chi connectivity index (χ0n) is 14.2. The van der Waals surface area contributed by atoms with E-state index < -0.39 is 5.97 Å². The third-order valence-corrected chi connectivity index (χ3v) is 3.76. The number of ether oxygens (including phenoxy) is 1. The van der Waals surface area contributed by atoms with Crippen LogP contribution in [0.4, 0.5) is 11.4 Å². The lowest BCUT2D eigenvalue weighted by Crippen LogP contribution is -2.22. The summed E-state index contributed by atoms with van der Waals surface area (Å²) in [6.07, 6.45) is 0.903. The molecule has 0 unspecified atom stereocenters. The average molecular weight is 326 g/mol. The summed E-state index contributed by atoms with van der Waals surface area (Å²) in [5.74, 6) is -0.549. The van der Waals surface area contributed by atoms with Crippen LogP contribution in [0.5, 0.6) is 0 Å². The van der Waals surface area contributed by atoms with Crippen LogP contribution in [-0.4, -0.2) is 25.5 Å². The first kappa shape index (κ1) is 17.5. The minimum atomic E-state index is -0.402. The molecule has 5 heteroatoms. The summed E-state index contributed by atoms with van der Waals surface area (Å²) in [4.78, 5) is 23.5. The summed E-state index contributed by atoms with van der Waals surface area (Å²) in [5.41, 5.74) is 4.39. The summed E-state index contributed by atoms with van der Waals surface area (Å²) >= 11 is 0. The number of methoxy groups -OCH3 is 1. The Balaban J connectivity index is 1.95. The van der Waals surface area contributed by atoms with Gasteiger partial charge in [-0.3, -0.25) is 4.79 Å². The Labute approximate surface area is 142 Å². The number of rotatable bonds is 6. The monoisotopic (exact) mass is 326 g/mol. The van der Waals surface area contributed by atoms with Gasteiger partial charge in [-0.2, -0.15) is 0 Å². The highest BCUT2D eigenvalue weighted by Crippen LogP contribution is 2.20. The van der Waals surface area contributed by atoms with E-state index in [1.54, 1.807) is 24.3 Å². The number of carbonyl (C=O) groups is 2. The van der Waals surface area contributed by atoms with Crippen molar-refractivity contribution in [2.45, 2.75) is 20.3 Å². The number of esters is 1. The van der Waals surface area contributed by atoms with Gasteiger partial charge in [-0.1, -0.05) is 25.1 Å². The highest BCUT2D eigenvalue weighted by Gasteiger charge is 2.08. The maximum Gasteiger partial charge on any atom is 0.337 e. The molecule has 1 amide bonds. The molecule has 0 aromatic heterocycles. The Kier molecular flexibility index (Phi) is 5.95. The lowest BCUT2D eigenvalue weighted by molar-refractivity contribution is -0.114. The van der Waals surface area contributed by atoms with E-state index in [2.05, 4.69) is 28.4 Å². The van der Waals surface area contributed by atoms with Gasteiger partial charge in [0.05, 0.1) is 19.2 Å². The van der Waals surface area contributed by atoms with Crippen molar-refractivity contribution in [2.24, 2.45) is 0 Å². The second-order valence-electron chi connectivity index (χ2n) is 5.43. The van der Waals surface area contributed by atoms with Gasteiger partial charge in [0.25, 0.3) is 0 Å². The van der Waals surface area contributed by atoms with Crippen LogP contribution in [-0.2, 0) is 16.0 Å². The van der Waals surface area contributed by atoms with Gasteiger partial charge < -0.3 is 15.4 Å². The summed E-state index contributed by atoms with van der Waals surface area (Å²) in [7, 11) is 1.33. The fraction of sp³-hybridized carbons (Fsp3) is 0.263. The van der Waals surface area contributed by atoms with Crippen molar-refractivity contribution in [1.82, 2.24) is 0 Å². The molecule has 0 saturated carbocycles. The molecule has 0 aliphatic heterocycles. The van der Waals surface area contributed by atoms with E-state index >= 15 is 0 Å². The molecule has 0 fully saturated rings. The van der Waals surface area contributed by atoms with Crippen LogP contribution in [0.2, 0.25) is 0 Å². The molecule has 0 spiro atoms. The van der Waals surface area contributed by atoms with Crippen LogP contribution in [0.15, 0.2) is 42.5 Å². The second-order valence-corrected chi connectivity index (χ2v) is 5.43. The first-order valence-corrected chi connectivity index (χ1v) is 7.85. The third-order valence-electron chi connectivity index (χ3n) is 3.76. The number of nitrogens with one attached hydrogen (secondary N) is 2. The Hall–Kier alpha value is -2.82. The molecule has 2 aromatic rings. The summed E-state index contributed by atoms with van der Waals surface area (Å²) in [5, 5.41) is 6.00. The number of hydrogen-bond donors (Lipinski definition) is 2. The zero-order valence-corrected chi connectivity index (χ0v) is 14.2. The van der Waals surface area contributed by atoms with Crippen molar-refractivity contribution >= 4 is 23.3 Å². The van der Waals surface area contributed by atoms with Crippen LogP contribution >= 0.6 is 0 Å². The van der Waals surface area contributed by atoms with Crippen molar-refractivity contribution in [2.75, 3.05) is 24.3 Å².